The summed E-state index contributed by atoms with van der Waals surface area (Å²) < 4.78 is 26.2. The van der Waals surface area contributed by atoms with Crippen molar-refractivity contribution in [1.82, 2.24) is 19.9 Å². The molecule has 8 nitrogen and oxygen atoms in total. The van der Waals surface area contributed by atoms with Gasteiger partial charge in [-0.1, -0.05) is 23.4 Å². The average Bonchev–Trinajstić information content (AvgIpc) is 3.10. The Morgan fingerprint density at radius 3 is 2.70 bits per heavy atom. The topological polar surface area (TPSA) is 80.7 Å². The molecule has 2 unspecified atom stereocenters. The van der Waals surface area contributed by atoms with Crippen LogP contribution >= 0.6 is 23.4 Å². The van der Waals surface area contributed by atoms with Crippen LogP contribution in [0.25, 0.3) is 10.9 Å². The van der Waals surface area contributed by atoms with Gasteiger partial charge in [0.2, 0.25) is 5.88 Å². The van der Waals surface area contributed by atoms with Gasteiger partial charge in [-0.25, -0.2) is 19.2 Å². The lowest BCUT2D eigenvalue weighted by molar-refractivity contribution is 0.0283. The third kappa shape index (κ3) is 3.71. The number of likely N-dealkylation sites (tertiary alicyclic amines) is 1. The van der Waals surface area contributed by atoms with E-state index in [1.807, 2.05) is 39.0 Å². The van der Waals surface area contributed by atoms with E-state index in [-0.39, 0.29) is 34.6 Å². The summed E-state index contributed by atoms with van der Waals surface area (Å²) in [6, 6.07) is -0.0859. The second-order valence-electron chi connectivity index (χ2n) is 8.41. The van der Waals surface area contributed by atoms with Crippen molar-refractivity contribution in [3.63, 3.8) is 0 Å². The molecule has 2 atom stereocenters. The normalized spacial score (nSPS) is 21.2. The number of carbonyl (C=O) groups excluding carboxylic acids is 1. The summed E-state index contributed by atoms with van der Waals surface area (Å²) >= 11 is 7.30. The second kappa shape index (κ2) is 7.56. The maximum Gasteiger partial charge on any atom is 0.410 e. The molecule has 0 aliphatic carbocycles. The van der Waals surface area contributed by atoms with Crippen molar-refractivity contribution in [1.29, 1.82) is 0 Å². The number of anilines is 1. The molecule has 2 aromatic rings. The SMILES string of the molecule is CSc1nc2c3c(nc(Cl)c(F)c3n1)OCC1CN(C(=O)OC(C)(C)C)CC1N2C. The number of hydrogen-bond donors (Lipinski definition) is 0. The summed E-state index contributed by atoms with van der Waals surface area (Å²) in [4.78, 5) is 29.2. The maximum absolute atomic E-state index is 14.8. The first-order valence-corrected chi connectivity index (χ1v) is 11.1. The number of halogens is 2. The van der Waals surface area contributed by atoms with Crippen molar-refractivity contribution in [2.75, 3.05) is 37.9 Å². The van der Waals surface area contributed by atoms with Crippen LogP contribution in [0, 0.1) is 11.7 Å². The van der Waals surface area contributed by atoms with Gasteiger partial charge in [0.15, 0.2) is 16.1 Å². The molecular weight excluding hydrogens is 433 g/mol. The zero-order chi connectivity index (χ0) is 21.8. The van der Waals surface area contributed by atoms with Crippen LogP contribution < -0.4 is 9.64 Å². The number of pyridine rings is 1. The summed E-state index contributed by atoms with van der Waals surface area (Å²) in [5.74, 6) is -0.0161. The highest BCUT2D eigenvalue weighted by molar-refractivity contribution is 7.98. The fourth-order valence-corrected chi connectivity index (χ4v) is 4.33. The molecule has 2 aromatic heterocycles. The van der Waals surface area contributed by atoms with E-state index in [1.165, 1.54) is 11.8 Å². The predicted molar refractivity (Wildman–Crippen MR) is 113 cm³/mol. The summed E-state index contributed by atoms with van der Waals surface area (Å²) in [6.45, 7) is 6.71. The van der Waals surface area contributed by atoms with E-state index < -0.39 is 11.4 Å². The number of hydrogen-bond acceptors (Lipinski definition) is 8. The minimum atomic E-state index is -0.703. The fourth-order valence-electron chi connectivity index (χ4n) is 3.80. The molecular formula is C19H23ClFN5O3S. The van der Waals surface area contributed by atoms with Crippen LogP contribution in [0.3, 0.4) is 0 Å². The Bertz CT molecular complexity index is 1020. The predicted octanol–water partition coefficient (Wildman–Crippen LogP) is 3.60. The van der Waals surface area contributed by atoms with Gasteiger partial charge in [-0.2, -0.15) is 4.98 Å². The van der Waals surface area contributed by atoms with E-state index in [2.05, 4.69) is 15.0 Å². The highest BCUT2D eigenvalue weighted by Gasteiger charge is 2.42. The summed E-state index contributed by atoms with van der Waals surface area (Å²) in [7, 11) is 1.88. The molecule has 2 aliphatic heterocycles. The largest absolute Gasteiger partial charge is 0.477 e. The molecule has 1 amide bonds. The molecule has 11 heteroatoms. The van der Waals surface area contributed by atoms with Gasteiger partial charge >= 0.3 is 6.09 Å². The Labute approximate surface area is 183 Å². The van der Waals surface area contributed by atoms with Gasteiger partial charge in [-0.3, -0.25) is 0 Å². The molecule has 0 spiro atoms. The van der Waals surface area contributed by atoms with E-state index in [0.717, 1.165) is 0 Å². The van der Waals surface area contributed by atoms with Gasteiger partial charge in [0.05, 0.1) is 12.6 Å². The summed E-state index contributed by atoms with van der Waals surface area (Å²) in [5.41, 5.74) is -0.506. The number of rotatable bonds is 1. The molecule has 0 radical (unpaired) electrons. The van der Waals surface area contributed by atoms with Gasteiger partial charge in [-0.05, 0) is 27.0 Å². The molecule has 0 N–H and O–H groups in total. The first kappa shape index (κ1) is 21.2. The van der Waals surface area contributed by atoms with Crippen LogP contribution in [0.15, 0.2) is 5.16 Å². The van der Waals surface area contributed by atoms with Crippen molar-refractivity contribution >= 4 is 46.2 Å². The second-order valence-corrected chi connectivity index (χ2v) is 9.55. The fraction of sp³-hybridized carbons (Fsp3) is 0.579. The smallest absolute Gasteiger partial charge is 0.410 e. The Hall–Kier alpha value is -2.07. The van der Waals surface area contributed by atoms with Crippen LogP contribution in [0.5, 0.6) is 5.88 Å². The van der Waals surface area contributed by atoms with E-state index in [0.29, 0.717) is 36.1 Å². The molecule has 4 heterocycles. The highest BCUT2D eigenvalue weighted by Crippen LogP contribution is 2.40. The third-order valence-corrected chi connectivity index (χ3v) is 5.98. The third-order valence-electron chi connectivity index (χ3n) is 5.18. The van der Waals surface area contributed by atoms with Crippen LogP contribution in [0.2, 0.25) is 5.15 Å². The number of thioether (sulfide) groups is 1. The quantitative estimate of drug-likeness (QED) is 0.366. The Kier molecular flexibility index (Phi) is 5.34. The number of nitrogens with zero attached hydrogens (tertiary/aromatic N) is 5. The molecule has 0 aromatic carbocycles. The minimum absolute atomic E-state index is 0.0101. The maximum atomic E-state index is 14.8. The van der Waals surface area contributed by atoms with Crippen molar-refractivity contribution in [3.8, 4) is 5.88 Å². The zero-order valence-corrected chi connectivity index (χ0v) is 19.0. The van der Waals surface area contributed by atoms with E-state index in [9.17, 15) is 9.18 Å². The standard InChI is InChI=1S/C19H23ClFN5O3S/c1-19(2,3)29-18(27)26-6-9-8-28-16-11-13(12(21)14(20)23-16)22-17(30-5)24-15(11)25(4)10(9)7-26/h9-10H,6-8H2,1-5H3. The van der Waals surface area contributed by atoms with Gasteiger partial charge in [-0.15, -0.1) is 0 Å². The number of aromatic nitrogens is 3. The lowest BCUT2D eigenvalue weighted by Gasteiger charge is -2.32. The van der Waals surface area contributed by atoms with Crippen LogP contribution in [-0.4, -0.2) is 70.6 Å². The Morgan fingerprint density at radius 1 is 1.30 bits per heavy atom. The van der Waals surface area contributed by atoms with Crippen LogP contribution in [-0.2, 0) is 4.74 Å². The minimum Gasteiger partial charge on any atom is -0.477 e. The molecule has 1 fully saturated rings. The molecule has 2 aliphatic rings. The Balaban J connectivity index is 1.76. The highest BCUT2D eigenvalue weighted by atomic mass is 35.5. The van der Waals surface area contributed by atoms with Gasteiger partial charge in [0, 0.05) is 26.1 Å². The van der Waals surface area contributed by atoms with Gasteiger partial charge in [0.25, 0.3) is 0 Å². The van der Waals surface area contributed by atoms with Crippen molar-refractivity contribution in [2.24, 2.45) is 5.92 Å². The van der Waals surface area contributed by atoms with E-state index in [1.54, 1.807) is 4.90 Å². The first-order valence-electron chi connectivity index (χ1n) is 9.53. The van der Waals surface area contributed by atoms with E-state index in [4.69, 9.17) is 21.1 Å². The molecule has 4 rings (SSSR count). The molecule has 0 saturated carbocycles. The number of fused-ring (bicyclic) bond motifs is 1. The first-order chi connectivity index (χ1) is 14.1. The summed E-state index contributed by atoms with van der Waals surface area (Å²) in [5, 5.41) is 0.498. The number of likely N-dealkylation sites (N-methyl/N-ethyl adjacent to an activating group) is 1. The monoisotopic (exact) mass is 455 g/mol. The van der Waals surface area contributed by atoms with E-state index >= 15 is 0 Å². The van der Waals surface area contributed by atoms with Crippen molar-refractivity contribution in [2.45, 2.75) is 37.6 Å². The van der Waals surface area contributed by atoms with Crippen molar-refractivity contribution < 1.29 is 18.7 Å². The van der Waals surface area contributed by atoms with Crippen LogP contribution in [0.1, 0.15) is 20.8 Å². The van der Waals surface area contributed by atoms with Crippen LogP contribution in [0.4, 0.5) is 15.0 Å². The molecule has 162 valence electrons. The number of amides is 1. The summed E-state index contributed by atoms with van der Waals surface area (Å²) in [6.07, 6.45) is 1.45. The zero-order valence-electron chi connectivity index (χ0n) is 17.4. The molecule has 1 saturated heterocycles. The average molecular weight is 456 g/mol. The number of carbonyl (C=O) groups is 1. The van der Waals surface area contributed by atoms with Crippen molar-refractivity contribution in [3.05, 3.63) is 11.0 Å². The molecule has 30 heavy (non-hydrogen) atoms. The van der Waals surface area contributed by atoms with Gasteiger partial charge < -0.3 is 19.3 Å². The number of ether oxygens (including phenoxy) is 2. The lowest BCUT2D eigenvalue weighted by atomic mass is 10.0. The Morgan fingerprint density at radius 2 is 2.03 bits per heavy atom. The lowest BCUT2D eigenvalue weighted by Crippen LogP contribution is -2.42. The van der Waals surface area contributed by atoms with Gasteiger partial charge in [0.1, 0.15) is 22.3 Å². The molecule has 0 bridgehead atoms.